The van der Waals surface area contributed by atoms with Crippen LogP contribution < -0.4 is 11.1 Å². The van der Waals surface area contributed by atoms with Gasteiger partial charge in [-0.25, -0.2) is 0 Å². The number of nitrogens with one attached hydrogen (secondary N) is 2. The molecule has 156 valence electrons. The standard InChI is InChI=1S/C24H28N4O2/c1-15(2)23(25)24(30)27-19-10-6-9-18-22(19)17-11-12-28(14-20(17)26-18)21(29)13-16-7-4-3-5-8-16/h3-10,15,23,26H,11-14,25H2,1-2H3,(H,27,30). The lowest BCUT2D eigenvalue weighted by Crippen LogP contribution is -2.39. The lowest BCUT2D eigenvalue weighted by molar-refractivity contribution is -0.131. The van der Waals surface area contributed by atoms with E-state index in [1.807, 2.05) is 67.3 Å². The number of aromatic amines is 1. The molecule has 2 heterocycles. The minimum Gasteiger partial charge on any atom is -0.357 e. The van der Waals surface area contributed by atoms with Crippen molar-refractivity contribution in [2.24, 2.45) is 11.7 Å². The monoisotopic (exact) mass is 404 g/mol. The van der Waals surface area contributed by atoms with Crippen molar-refractivity contribution in [3.05, 3.63) is 65.4 Å². The first kappa shape index (κ1) is 20.2. The zero-order valence-electron chi connectivity index (χ0n) is 17.4. The second-order valence-electron chi connectivity index (χ2n) is 8.30. The van der Waals surface area contributed by atoms with E-state index in [0.717, 1.165) is 34.3 Å². The summed E-state index contributed by atoms with van der Waals surface area (Å²) in [6.45, 7) is 5.09. The summed E-state index contributed by atoms with van der Waals surface area (Å²) in [6.07, 6.45) is 1.16. The number of carbonyl (C=O) groups is 2. The molecule has 0 aliphatic carbocycles. The number of fused-ring (bicyclic) bond motifs is 3. The van der Waals surface area contributed by atoms with E-state index in [2.05, 4.69) is 10.3 Å². The Morgan fingerprint density at radius 3 is 2.63 bits per heavy atom. The lowest BCUT2D eigenvalue weighted by atomic mass is 10.0. The third-order valence-electron chi connectivity index (χ3n) is 5.83. The van der Waals surface area contributed by atoms with Crippen LogP contribution in [0.4, 0.5) is 5.69 Å². The molecule has 0 saturated heterocycles. The highest BCUT2D eigenvalue weighted by atomic mass is 16.2. The third-order valence-corrected chi connectivity index (χ3v) is 5.83. The number of hydrogen-bond acceptors (Lipinski definition) is 3. The van der Waals surface area contributed by atoms with Crippen LogP contribution in [0.15, 0.2) is 48.5 Å². The predicted molar refractivity (Wildman–Crippen MR) is 119 cm³/mol. The van der Waals surface area contributed by atoms with Gasteiger partial charge in [-0.05, 0) is 35.6 Å². The SMILES string of the molecule is CC(C)C(N)C(=O)Nc1cccc2[nH]c3c(c12)CCN(C(=O)Cc1ccccc1)C3. The Morgan fingerprint density at radius 1 is 1.13 bits per heavy atom. The minimum absolute atomic E-state index is 0.0635. The van der Waals surface area contributed by atoms with Crippen molar-refractivity contribution in [2.75, 3.05) is 11.9 Å². The topological polar surface area (TPSA) is 91.2 Å². The van der Waals surface area contributed by atoms with E-state index >= 15 is 0 Å². The number of nitrogens with zero attached hydrogens (tertiary/aromatic N) is 1. The van der Waals surface area contributed by atoms with Crippen molar-refractivity contribution in [3.8, 4) is 0 Å². The Kier molecular flexibility index (Phi) is 5.59. The molecular formula is C24H28N4O2. The van der Waals surface area contributed by atoms with Crippen LogP contribution in [0.2, 0.25) is 0 Å². The smallest absolute Gasteiger partial charge is 0.241 e. The summed E-state index contributed by atoms with van der Waals surface area (Å²) in [5, 5.41) is 4.02. The molecule has 6 nitrogen and oxygen atoms in total. The van der Waals surface area contributed by atoms with Gasteiger partial charge in [0.1, 0.15) is 0 Å². The summed E-state index contributed by atoms with van der Waals surface area (Å²) in [6, 6.07) is 15.1. The first-order valence-corrected chi connectivity index (χ1v) is 10.4. The molecule has 6 heteroatoms. The summed E-state index contributed by atoms with van der Waals surface area (Å²) in [5.74, 6) is 0.0124. The molecule has 1 atom stereocenters. The van der Waals surface area contributed by atoms with Crippen molar-refractivity contribution in [3.63, 3.8) is 0 Å². The summed E-state index contributed by atoms with van der Waals surface area (Å²) in [5.41, 5.74) is 11.0. The van der Waals surface area contributed by atoms with Gasteiger partial charge in [0.25, 0.3) is 0 Å². The van der Waals surface area contributed by atoms with Crippen LogP contribution in [0.5, 0.6) is 0 Å². The summed E-state index contributed by atoms with van der Waals surface area (Å²) < 4.78 is 0. The molecule has 0 radical (unpaired) electrons. The molecule has 30 heavy (non-hydrogen) atoms. The van der Waals surface area contributed by atoms with Crippen molar-refractivity contribution >= 4 is 28.4 Å². The maximum absolute atomic E-state index is 12.8. The van der Waals surface area contributed by atoms with Crippen LogP contribution in [-0.2, 0) is 29.0 Å². The van der Waals surface area contributed by atoms with Gasteiger partial charge in [0.05, 0.1) is 24.7 Å². The number of benzene rings is 2. The fraction of sp³-hybridized carbons (Fsp3) is 0.333. The number of hydrogen-bond donors (Lipinski definition) is 3. The quantitative estimate of drug-likeness (QED) is 0.610. The molecule has 0 bridgehead atoms. The molecule has 0 spiro atoms. The van der Waals surface area contributed by atoms with E-state index in [-0.39, 0.29) is 17.7 Å². The van der Waals surface area contributed by atoms with Crippen molar-refractivity contribution < 1.29 is 9.59 Å². The molecule has 0 saturated carbocycles. The molecule has 1 aliphatic rings. The normalized spacial score (nSPS) is 14.6. The van der Waals surface area contributed by atoms with Crippen LogP contribution in [0.3, 0.4) is 0 Å². The molecule has 1 aromatic heterocycles. The summed E-state index contributed by atoms with van der Waals surface area (Å²) in [7, 11) is 0. The van der Waals surface area contributed by atoms with E-state index in [0.29, 0.717) is 19.5 Å². The number of nitrogens with two attached hydrogens (primary N) is 1. The van der Waals surface area contributed by atoms with Gasteiger partial charge in [-0.15, -0.1) is 0 Å². The minimum atomic E-state index is -0.555. The molecule has 4 N–H and O–H groups in total. The predicted octanol–water partition coefficient (Wildman–Crippen LogP) is 3.22. The maximum Gasteiger partial charge on any atom is 0.241 e. The zero-order valence-corrected chi connectivity index (χ0v) is 17.4. The average Bonchev–Trinajstić information content (AvgIpc) is 3.12. The molecule has 4 rings (SSSR count). The molecule has 0 fully saturated rings. The number of amides is 2. The van der Waals surface area contributed by atoms with E-state index in [1.165, 1.54) is 5.56 Å². The third kappa shape index (κ3) is 3.96. The highest BCUT2D eigenvalue weighted by molar-refractivity contribution is 6.05. The number of aromatic nitrogens is 1. The lowest BCUT2D eigenvalue weighted by Gasteiger charge is -2.27. The molecular weight excluding hydrogens is 376 g/mol. The Labute approximate surface area is 176 Å². The van der Waals surface area contributed by atoms with Crippen molar-refractivity contribution in [1.29, 1.82) is 0 Å². The van der Waals surface area contributed by atoms with Gasteiger partial charge in [0.15, 0.2) is 0 Å². The van der Waals surface area contributed by atoms with Gasteiger partial charge in [0, 0.05) is 23.1 Å². The van der Waals surface area contributed by atoms with Crippen molar-refractivity contribution in [2.45, 2.75) is 39.3 Å². The van der Waals surface area contributed by atoms with Crippen LogP contribution in [0.1, 0.15) is 30.7 Å². The number of carbonyl (C=O) groups excluding carboxylic acids is 2. The second-order valence-corrected chi connectivity index (χ2v) is 8.30. The van der Waals surface area contributed by atoms with E-state index < -0.39 is 6.04 Å². The van der Waals surface area contributed by atoms with E-state index in [9.17, 15) is 9.59 Å². The van der Waals surface area contributed by atoms with Gasteiger partial charge < -0.3 is 20.9 Å². The fourth-order valence-electron chi connectivity index (χ4n) is 4.02. The summed E-state index contributed by atoms with van der Waals surface area (Å²) in [4.78, 5) is 30.6. The zero-order chi connectivity index (χ0) is 21.3. The van der Waals surface area contributed by atoms with Crippen molar-refractivity contribution in [1.82, 2.24) is 9.88 Å². The van der Waals surface area contributed by atoms with Gasteiger partial charge >= 0.3 is 0 Å². The first-order valence-electron chi connectivity index (χ1n) is 10.4. The largest absolute Gasteiger partial charge is 0.357 e. The first-order chi connectivity index (χ1) is 14.4. The maximum atomic E-state index is 12.8. The Morgan fingerprint density at radius 2 is 1.90 bits per heavy atom. The van der Waals surface area contributed by atoms with Crippen LogP contribution in [0, 0.1) is 5.92 Å². The molecule has 2 aromatic carbocycles. The second kappa shape index (κ2) is 8.32. The van der Waals surface area contributed by atoms with E-state index in [4.69, 9.17) is 5.73 Å². The van der Waals surface area contributed by atoms with Crippen LogP contribution in [-0.4, -0.2) is 34.3 Å². The van der Waals surface area contributed by atoms with Gasteiger partial charge in [0.2, 0.25) is 11.8 Å². The Hall–Kier alpha value is -3.12. The molecule has 1 aliphatic heterocycles. The van der Waals surface area contributed by atoms with Gasteiger partial charge in [-0.1, -0.05) is 50.2 Å². The van der Waals surface area contributed by atoms with Crippen LogP contribution in [0.25, 0.3) is 10.9 Å². The van der Waals surface area contributed by atoms with Crippen LogP contribution >= 0.6 is 0 Å². The highest BCUT2D eigenvalue weighted by Crippen LogP contribution is 2.33. The Bertz CT molecular complexity index is 1070. The highest BCUT2D eigenvalue weighted by Gasteiger charge is 2.26. The van der Waals surface area contributed by atoms with E-state index in [1.54, 1.807) is 0 Å². The number of rotatable bonds is 5. The van der Waals surface area contributed by atoms with Gasteiger partial charge in [-0.3, -0.25) is 9.59 Å². The number of anilines is 1. The van der Waals surface area contributed by atoms with Gasteiger partial charge in [-0.2, -0.15) is 0 Å². The summed E-state index contributed by atoms with van der Waals surface area (Å²) >= 11 is 0. The average molecular weight is 405 g/mol. The molecule has 3 aromatic rings. The molecule has 1 unspecified atom stereocenters. The number of H-pyrrole nitrogens is 1. The fourth-order valence-corrected chi connectivity index (χ4v) is 4.02. The molecule has 2 amide bonds. The Balaban J connectivity index is 1.56.